The summed E-state index contributed by atoms with van der Waals surface area (Å²) < 4.78 is 5.53. The van der Waals surface area contributed by atoms with Crippen LogP contribution in [0.25, 0.3) is 0 Å². The Bertz CT molecular complexity index is 555. The molecule has 21 heavy (non-hydrogen) atoms. The van der Waals surface area contributed by atoms with Crippen molar-refractivity contribution in [2.75, 3.05) is 13.2 Å². The maximum atomic E-state index is 11.8. The van der Waals surface area contributed by atoms with Crippen molar-refractivity contribution in [2.24, 2.45) is 0 Å². The molecular weight excluding hydrogens is 284 g/mol. The Hall–Kier alpha value is -2.01. The molecule has 5 heteroatoms. The molecule has 0 atom stereocenters. The summed E-state index contributed by atoms with van der Waals surface area (Å²) in [5.41, 5.74) is 0.979. The van der Waals surface area contributed by atoms with Crippen LogP contribution < -0.4 is 15.4 Å². The van der Waals surface area contributed by atoms with Crippen molar-refractivity contribution in [2.45, 2.75) is 19.9 Å². The summed E-state index contributed by atoms with van der Waals surface area (Å²) in [5, 5.41) is 7.75. The van der Waals surface area contributed by atoms with E-state index in [4.69, 9.17) is 4.74 Å². The molecule has 0 saturated carbocycles. The molecule has 0 unspecified atom stereocenters. The lowest BCUT2D eigenvalue weighted by atomic mass is 10.2. The third-order valence-electron chi connectivity index (χ3n) is 2.95. The first kappa shape index (κ1) is 15.4. The van der Waals surface area contributed by atoms with E-state index in [-0.39, 0.29) is 6.03 Å². The van der Waals surface area contributed by atoms with Crippen LogP contribution in [0, 0.1) is 0 Å². The average molecular weight is 304 g/mol. The first-order valence-electron chi connectivity index (χ1n) is 7.04. The van der Waals surface area contributed by atoms with Gasteiger partial charge >= 0.3 is 6.03 Å². The van der Waals surface area contributed by atoms with E-state index >= 15 is 0 Å². The quantitative estimate of drug-likeness (QED) is 0.825. The highest BCUT2D eigenvalue weighted by Crippen LogP contribution is 2.17. The lowest BCUT2D eigenvalue weighted by Gasteiger charge is -2.11. The number of carbonyl (C=O) groups is 1. The summed E-state index contributed by atoms with van der Waals surface area (Å²) in [7, 11) is 0. The van der Waals surface area contributed by atoms with Gasteiger partial charge in [-0.25, -0.2) is 4.79 Å². The van der Waals surface area contributed by atoms with E-state index in [9.17, 15) is 4.79 Å². The van der Waals surface area contributed by atoms with Crippen molar-refractivity contribution < 1.29 is 9.53 Å². The summed E-state index contributed by atoms with van der Waals surface area (Å²) in [6.45, 7) is 3.66. The van der Waals surface area contributed by atoms with Gasteiger partial charge in [0.05, 0.1) is 6.61 Å². The van der Waals surface area contributed by atoms with Crippen LogP contribution in [0.5, 0.6) is 5.75 Å². The summed E-state index contributed by atoms with van der Waals surface area (Å²) in [5.74, 6) is 0.818. The summed E-state index contributed by atoms with van der Waals surface area (Å²) in [6, 6.07) is 11.7. The number of amides is 2. The zero-order chi connectivity index (χ0) is 14.9. The fourth-order valence-corrected chi connectivity index (χ4v) is 2.65. The predicted molar refractivity (Wildman–Crippen MR) is 85.9 cm³/mol. The van der Waals surface area contributed by atoms with Gasteiger partial charge in [0.2, 0.25) is 0 Å². The number of rotatable bonds is 7. The highest BCUT2D eigenvalue weighted by Gasteiger charge is 2.05. The molecule has 0 aliphatic rings. The number of benzene rings is 1. The van der Waals surface area contributed by atoms with Gasteiger partial charge in [0.25, 0.3) is 0 Å². The second-order valence-corrected chi connectivity index (χ2v) is 5.51. The largest absolute Gasteiger partial charge is 0.494 e. The molecule has 2 N–H and O–H groups in total. The van der Waals surface area contributed by atoms with Gasteiger partial charge in [-0.2, -0.15) is 0 Å². The van der Waals surface area contributed by atoms with Gasteiger partial charge < -0.3 is 15.4 Å². The topological polar surface area (TPSA) is 50.4 Å². The van der Waals surface area contributed by atoms with Crippen LogP contribution >= 0.6 is 11.3 Å². The van der Waals surface area contributed by atoms with Crippen LogP contribution in [0.15, 0.2) is 41.8 Å². The van der Waals surface area contributed by atoms with Crippen LogP contribution in [-0.4, -0.2) is 19.2 Å². The third kappa shape index (κ3) is 5.11. The zero-order valence-electron chi connectivity index (χ0n) is 12.1. The van der Waals surface area contributed by atoms with Crippen molar-refractivity contribution in [3.05, 3.63) is 52.2 Å². The number of para-hydroxylation sites is 1. The Labute approximate surface area is 129 Å². The van der Waals surface area contributed by atoms with E-state index < -0.39 is 0 Å². The molecule has 4 nitrogen and oxygen atoms in total. The number of hydrogen-bond donors (Lipinski definition) is 2. The second-order valence-electron chi connectivity index (χ2n) is 4.48. The molecule has 2 rings (SSSR count). The molecule has 2 aromatic rings. The number of hydrogen-bond acceptors (Lipinski definition) is 3. The van der Waals surface area contributed by atoms with Gasteiger partial charge in [0.15, 0.2) is 0 Å². The summed E-state index contributed by atoms with van der Waals surface area (Å²) >= 11 is 1.70. The maximum absolute atomic E-state index is 11.8. The van der Waals surface area contributed by atoms with Gasteiger partial charge in [-0.1, -0.05) is 24.3 Å². The fraction of sp³-hybridized carbons (Fsp3) is 0.312. The van der Waals surface area contributed by atoms with Crippen LogP contribution in [-0.2, 0) is 13.0 Å². The molecule has 0 fully saturated rings. The van der Waals surface area contributed by atoms with Gasteiger partial charge in [-0.15, -0.1) is 11.3 Å². The van der Waals surface area contributed by atoms with Crippen LogP contribution in [0.2, 0.25) is 0 Å². The monoisotopic (exact) mass is 304 g/mol. The van der Waals surface area contributed by atoms with Crippen LogP contribution in [0.3, 0.4) is 0 Å². The standard InChI is InChI=1S/C16H20N2O2S/c1-2-20-15-8-4-3-6-13(15)12-18-16(19)17-10-9-14-7-5-11-21-14/h3-8,11H,2,9-10,12H2,1H3,(H2,17,18,19). The van der Waals surface area contributed by atoms with E-state index in [2.05, 4.69) is 16.7 Å². The smallest absolute Gasteiger partial charge is 0.315 e. The van der Waals surface area contributed by atoms with Crippen molar-refractivity contribution >= 4 is 17.4 Å². The molecule has 0 radical (unpaired) electrons. The van der Waals surface area contributed by atoms with Crippen molar-refractivity contribution in [3.8, 4) is 5.75 Å². The SMILES string of the molecule is CCOc1ccccc1CNC(=O)NCCc1cccs1. The molecule has 112 valence electrons. The van der Waals surface area contributed by atoms with Gasteiger partial charge in [0.1, 0.15) is 5.75 Å². The Morgan fingerprint density at radius 2 is 2.05 bits per heavy atom. The number of thiophene rings is 1. The Morgan fingerprint density at radius 3 is 2.81 bits per heavy atom. The van der Waals surface area contributed by atoms with E-state index in [0.717, 1.165) is 17.7 Å². The molecule has 0 spiro atoms. The van der Waals surface area contributed by atoms with Crippen molar-refractivity contribution in [1.29, 1.82) is 0 Å². The third-order valence-corrected chi connectivity index (χ3v) is 3.89. The summed E-state index contributed by atoms with van der Waals surface area (Å²) in [4.78, 5) is 13.0. The van der Waals surface area contributed by atoms with E-state index in [0.29, 0.717) is 19.7 Å². The Kier molecular flexibility index (Phi) is 6.09. The number of urea groups is 1. The number of carbonyl (C=O) groups excluding carboxylic acids is 1. The molecule has 1 aromatic carbocycles. The first-order chi connectivity index (χ1) is 10.3. The molecule has 1 heterocycles. The molecule has 0 bridgehead atoms. The minimum absolute atomic E-state index is 0.155. The molecule has 1 aromatic heterocycles. The van der Waals surface area contributed by atoms with Crippen LogP contribution in [0.1, 0.15) is 17.4 Å². The lowest BCUT2D eigenvalue weighted by Crippen LogP contribution is -2.36. The highest BCUT2D eigenvalue weighted by atomic mass is 32.1. The van der Waals surface area contributed by atoms with E-state index in [1.165, 1.54) is 4.88 Å². The minimum Gasteiger partial charge on any atom is -0.494 e. The molecule has 0 aliphatic heterocycles. The van der Waals surface area contributed by atoms with Crippen molar-refractivity contribution in [1.82, 2.24) is 10.6 Å². The van der Waals surface area contributed by atoms with Crippen molar-refractivity contribution in [3.63, 3.8) is 0 Å². The molecular formula is C16H20N2O2S. The Balaban J connectivity index is 1.73. The van der Waals surface area contributed by atoms with E-state index in [1.807, 2.05) is 42.6 Å². The van der Waals surface area contributed by atoms with Gasteiger partial charge in [-0.05, 0) is 30.9 Å². The molecule has 0 aliphatic carbocycles. The number of ether oxygens (including phenoxy) is 1. The van der Waals surface area contributed by atoms with E-state index in [1.54, 1.807) is 11.3 Å². The normalized spacial score (nSPS) is 10.1. The van der Waals surface area contributed by atoms with Crippen LogP contribution in [0.4, 0.5) is 4.79 Å². The van der Waals surface area contributed by atoms with Gasteiger partial charge in [-0.3, -0.25) is 0 Å². The summed E-state index contributed by atoms with van der Waals surface area (Å²) in [6.07, 6.45) is 0.862. The lowest BCUT2D eigenvalue weighted by molar-refractivity contribution is 0.240. The molecule has 0 saturated heterocycles. The fourth-order valence-electron chi connectivity index (χ4n) is 1.94. The first-order valence-corrected chi connectivity index (χ1v) is 7.92. The number of nitrogens with one attached hydrogen (secondary N) is 2. The zero-order valence-corrected chi connectivity index (χ0v) is 12.9. The second kappa shape index (κ2) is 8.32. The maximum Gasteiger partial charge on any atom is 0.315 e. The molecule has 2 amide bonds. The highest BCUT2D eigenvalue weighted by molar-refractivity contribution is 7.09. The Morgan fingerprint density at radius 1 is 1.19 bits per heavy atom. The predicted octanol–water partition coefficient (Wildman–Crippen LogP) is 3.19. The average Bonchev–Trinajstić information content (AvgIpc) is 3.00. The van der Waals surface area contributed by atoms with Gasteiger partial charge in [0, 0.05) is 23.5 Å². The minimum atomic E-state index is -0.155.